The highest BCUT2D eigenvalue weighted by atomic mass is 32.1. The second-order valence-electron chi connectivity index (χ2n) is 6.16. The maximum atomic E-state index is 5.96. The van der Waals surface area contributed by atoms with Gasteiger partial charge in [-0.15, -0.1) is 0 Å². The van der Waals surface area contributed by atoms with Crippen molar-refractivity contribution in [1.82, 2.24) is 0 Å². The molecule has 2 N–H and O–H groups in total. The van der Waals surface area contributed by atoms with Crippen LogP contribution in [-0.4, -0.2) is 18.8 Å². The van der Waals surface area contributed by atoms with Crippen molar-refractivity contribution in [3.8, 4) is 11.5 Å². The van der Waals surface area contributed by atoms with Crippen LogP contribution in [0.3, 0.4) is 0 Å². The number of rotatable bonds is 5. The summed E-state index contributed by atoms with van der Waals surface area (Å²) in [7, 11) is 1.63. The van der Waals surface area contributed by atoms with Gasteiger partial charge >= 0.3 is 0 Å². The van der Waals surface area contributed by atoms with E-state index < -0.39 is 0 Å². The zero-order valence-corrected chi connectivity index (χ0v) is 16.4. The number of para-hydroxylation sites is 3. The molecule has 6 heteroatoms. The van der Waals surface area contributed by atoms with E-state index >= 15 is 0 Å². The fraction of sp³-hybridized carbons (Fsp3) is 0.136. The minimum Gasteiger partial charge on any atom is -0.495 e. The van der Waals surface area contributed by atoms with Crippen LogP contribution in [0.1, 0.15) is 6.92 Å². The van der Waals surface area contributed by atoms with Crippen LogP contribution in [0.25, 0.3) is 21.9 Å². The molecule has 0 aliphatic heterocycles. The summed E-state index contributed by atoms with van der Waals surface area (Å²) in [5.41, 5.74) is 3.12. The van der Waals surface area contributed by atoms with Crippen molar-refractivity contribution >= 4 is 50.6 Å². The third-order valence-electron chi connectivity index (χ3n) is 4.38. The number of ether oxygens (including phenoxy) is 2. The molecule has 28 heavy (non-hydrogen) atoms. The van der Waals surface area contributed by atoms with Crippen molar-refractivity contribution in [2.45, 2.75) is 6.92 Å². The first-order valence-electron chi connectivity index (χ1n) is 8.98. The predicted octanol–water partition coefficient (Wildman–Crippen LogP) is 5.80. The maximum absolute atomic E-state index is 5.96. The number of hydrogen-bond donors (Lipinski definition) is 2. The van der Waals surface area contributed by atoms with Crippen molar-refractivity contribution in [3.63, 3.8) is 0 Å². The van der Waals surface area contributed by atoms with Crippen molar-refractivity contribution in [1.29, 1.82) is 0 Å². The van der Waals surface area contributed by atoms with Crippen molar-refractivity contribution in [3.05, 3.63) is 60.7 Å². The normalized spacial score (nSPS) is 10.8. The fourth-order valence-corrected chi connectivity index (χ4v) is 3.37. The monoisotopic (exact) mass is 392 g/mol. The Labute approximate surface area is 168 Å². The van der Waals surface area contributed by atoms with Crippen LogP contribution in [0, 0.1) is 0 Å². The van der Waals surface area contributed by atoms with Gasteiger partial charge in [0.1, 0.15) is 22.7 Å². The molecule has 0 saturated heterocycles. The highest BCUT2D eigenvalue weighted by Crippen LogP contribution is 2.36. The van der Waals surface area contributed by atoms with Gasteiger partial charge in [0.05, 0.1) is 25.1 Å². The Hall–Kier alpha value is -3.25. The molecule has 5 nitrogen and oxygen atoms in total. The lowest BCUT2D eigenvalue weighted by molar-refractivity contribution is 0.342. The van der Waals surface area contributed by atoms with Gasteiger partial charge in [-0.25, -0.2) is 0 Å². The number of anilines is 2. The summed E-state index contributed by atoms with van der Waals surface area (Å²) in [5.74, 6) is 1.43. The fourth-order valence-electron chi connectivity index (χ4n) is 3.15. The molecular formula is C22H20N2O3S. The highest BCUT2D eigenvalue weighted by Gasteiger charge is 2.13. The summed E-state index contributed by atoms with van der Waals surface area (Å²) >= 11 is 5.49. The number of thiocarbonyl (C=S) groups is 1. The van der Waals surface area contributed by atoms with E-state index in [1.807, 2.05) is 67.6 Å². The van der Waals surface area contributed by atoms with Crippen LogP contribution >= 0.6 is 12.2 Å². The number of methoxy groups -OCH3 is 1. The molecule has 1 heterocycles. The van der Waals surface area contributed by atoms with Crippen LogP contribution in [0.4, 0.5) is 11.4 Å². The third-order valence-corrected chi connectivity index (χ3v) is 4.59. The molecule has 0 saturated carbocycles. The number of fused-ring (bicyclic) bond motifs is 3. The zero-order chi connectivity index (χ0) is 19.5. The van der Waals surface area contributed by atoms with Crippen LogP contribution in [0.2, 0.25) is 0 Å². The molecule has 0 bridgehead atoms. The summed E-state index contributed by atoms with van der Waals surface area (Å²) in [6.07, 6.45) is 0. The minimum absolute atomic E-state index is 0.431. The maximum Gasteiger partial charge on any atom is 0.175 e. The van der Waals surface area contributed by atoms with E-state index in [1.54, 1.807) is 7.11 Å². The van der Waals surface area contributed by atoms with Gasteiger partial charge in [-0.05, 0) is 43.4 Å². The summed E-state index contributed by atoms with van der Waals surface area (Å²) < 4.78 is 17.2. The van der Waals surface area contributed by atoms with Gasteiger partial charge in [-0.1, -0.05) is 30.3 Å². The quantitative estimate of drug-likeness (QED) is 0.419. The zero-order valence-electron chi connectivity index (χ0n) is 15.6. The van der Waals surface area contributed by atoms with Crippen LogP contribution in [-0.2, 0) is 0 Å². The van der Waals surface area contributed by atoms with E-state index in [2.05, 4.69) is 10.6 Å². The Balaban J connectivity index is 1.63. The Morgan fingerprint density at radius 3 is 2.46 bits per heavy atom. The first-order chi connectivity index (χ1) is 13.7. The lowest BCUT2D eigenvalue weighted by Gasteiger charge is -2.15. The molecule has 4 rings (SSSR count). The first-order valence-corrected chi connectivity index (χ1v) is 9.39. The van der Waals surface area contributed by atoms with Gasteiger partial charge in [0.15, 0.2) is 5.11 Å². The molecule has 1 aromatic heterocycles. The van der Waals surface area contributed by atoms with E-state index in [4.69, 9.17) is 26.1 Å². The molecule has 0 aliphatic rings. The average Bonchev–Trinajstić information content (AvgIpc) is 3.06. The highest BCUT2D eigenvalue weighted by molar-refractivity contribution is 7.80. The Morgan fingerprint density at radius 1 is 0.893 bits per heavy atom. The second-order valence-corrected chi connectivity index (χ2v) is 6.56. The van der Waals surface area contributed by atoms with E-state index in [0.29, 0.717) is 17.5 Å². The summed E-state index contributed by atoms with van der Waals surface area (Å²) in [6.45, 7) is 2.52. The first kappa shape index (κ1) is 18.1. The number of benzene rings is 3. The predicted molar refractivity (Wildman–Crippen MR) is 118 cm³/mol. The third kappa shape index (κ3) is 3.46. The smallest absolute Gasteiger partial charge is 0.175 e. The molecular weight excluding hydrogens is 372 g/mol. The molecule has 0 atom stereocenters. The Kier molecular flexibility index (Phi) is 5.04. The SMILES string of the molecule is CCOc1ccccc1NC(=S)Nc1cc2oc3ccccc3c2cc1OC. The van der Waals surface area contributed by atoms with Gasteiger partial charge in [0.2, 0.25) is 0 Å². The van der Waals surface area contributed by atoms with Crippen molar-refractivity contribution < 1.29 is 13.9 Å². The Bertz CT molecular complexity index is 1150. The molecule has 0 radical (unpaired) electrons. The van der Waals surface area contributed by atoms with Gasteiger partial charge < -0.3 is 24.5 Å². The summed E-state index contributed by atoms with van der Waals surface area (Å²) in [6, 6.07) is 19.4. The molecule has 4 aromatic rings. The molecule has 142 valence electrons. The molecule has 0 spiro atoms. The number of furan rings is 1. The van der Waals surface area contributed by atoms with Crippen LogP contribution in [0.5, 0.6) is 11.5 Å². The molecule has 0 fully saturated rings. The lowest BCUT2D eigenvalue weighted by atomic mass is 10.1. The number of nitrogens with one attached hydrogen (secondary N) is 2. The van der Waals surface area contributed by atoms with Crippen LogP contribution < -0.4 is 20.1 Å². The van der Waals surface area contributed by atoms with Gasteiger partial charge in [-0.3, -0.25) is 0 Å². The van der Waals surface area contributed by atoms with E-state index in [-0.39, 0.29) is 0 Å². The summed E-state index contributed by atoms with van der Waals surface area (Å²) in [5, 5.41) is 8.85. The lowest BCUT2D eigenvalue weighted by Crippen LogP contribution is -2.20. The average molecular weight is 392 g/mol. The van der Waals surface area contributed by atoms with Crippen LogP contribution in [0.15, 0.2) is 65.1 Å². The molecule has 3 aromatic carbocycles. The van der Waals surface area contributed by atoms with Crippen molar-refractivity contribution in [2.24, 2.45) is 0 Å². The van der Waals surface area contributed by atoms with Gasteiger partial charge in [-0.2, -0.15) is 0 Å². The molecule has 0 unspecified atom stereocenters. The minimum atomic E-state index is 0.431. The van der Waals surface area contributed by atoms with Crippen molar-refractivity contribution in [2.75, 3.05) is 24.4 Å². The van der Waals surface area contributed by atoms with E-state index in [9.17, 15) is 0 Å². The Morgan fingerprint density at radius 2 is 1.64 bits per heavy atom. The summed E-state index contributed by atoms with van der Waals surface area (Å²) in [4.78, 5) is 0. The van der Waals surface area contributed by atoms with Gasteiger partial charge in [0.25, 0.3) is 0 Å². The molecule has 0 amide bonds. The second kappa shape index (κ2) is 7.78. The topological polar surface area (TPSA) is 55.7 Å². The largest absolute Gasteiger partial charge is 0.495 e. The number of hydrogen-bond acceptors (Lipinski definition) is 4. The van der Waals surface area contributed by atoms with E-state index in [1.165, 1.54) is 0 Å². The standard InChI is InChI=1S/C22H20N2O3S/c1-3-26-19-11-7-5-9-16(19)23-22(28)24-17-13-20-15(12-21(17)25-2)14-8-4-6-10-18(14)27-20/h4-13H,3H2,1-2H3,(H2,23,24,28). The van der Waals surface area contributed by atoms with E-state index in [0.717, 1.165) is 39.1 Å². The van der Waals surface area contributed by atoms with Gasteiger partial charge in [0, 0.05) is 16.8 Å². The molecule has 0 aliphatic carbocycles.